The van der Waals surface area contributed by atoms with Crippen LogP contribution in [0.15, 0.2) is 128 Å². The molecule has 0 bridgehead atoms. The number of unbranched alkanes of at least 4 members (excludes halogenated alkanes) is 1. The topological polar surface area (TPSA) is 602 Å². The number of carboxylic acids is 1. The van der Waals surface area contributed by atoms with Crippen molar-refractivity contribution in [3.05, 3.63) is 128 Å². The number of carbonyl (C=O) groups is 11. The number of carbonyl (C=O) groups excluding carboxylic acids is 10. The minimum Gasteiger partial charge on any atom is -0.480 e. The summed E-state index contributed by atoms with van der Waals surface area (Å²) in [6, 6.07) is -12.4. The minimum atomic E-state index is -5.97. The molecule has 2 aliphatic rings. The van der Waals surface area contributed by atoms with Crippen LogP contribution in [0.2, 0.25) is 0 Å². The SMILES string of the molecule is CC(=O)NC1C(OC2C(CO)OC(OP(=O)(O)OP(=O)(O)OCC=C(C)CCC=C(C)CCC=C(C)CCC=C(C)CCC=C(C)CCC=C(C)CCC=C(C)CCC=C(C)CCC=C(C)CCC=C(C)CCC=C(C)C)C(NC(C)=O)C2OC(C)C(=O)NC(C)C(=O)NC(CCC(=O)NC(CCCCNC(=O)CC(N)C(N)=O)C(=O)NC(C)C(=O)NC(C)C(=O)O)C(N)=O)OC(CO)C(O)C1O. The molecule has 2 heterocycles. The van der Waals surface area contributed by atoms with E-state index in [1.165, 1.54) is 70.1 Å². The van der Waals surface area contributed by atoms with E-state index in [4.69, 9.17) is 45.2 Å². The highest BCUT2D eigenvalue weighted by Crippen LogP contribution is 2.61. The van der Waals surface area contributed by atoms with E-state index >= 15 is 0 Å². The summed E-state index contributed by atoms with van der Waals surface area (Å²) in [6.07, 6.45) is 25.9. The Labute approximate surface area is 815 Å². The lowest BCUT2D eigenvalue weighted by Gasteiger charge is -2.49. The van der Waals surface area contributed by atoms with Gasteiger partial charge < -0.3 is 114 Å². The fraction of sp³-hybridized carbons (Fsp3) is 0.663. The van der Waals surface area contributed by atoms with Crippen molar-refractivity contribution in [2.45, 2.75) is 395 Å². The molecule has 2 saturated heterocycles. The third kappa shape index (κ3) is 53.7. The molecular formula is C98H163N11O27P2. The summed E-state index contributed by atoms with van der Waals surface area (Å²) in [5, 5.41) is 71.4. The van der Waals surface area contributed by atoms with Gasteiger partial charge in [-0.3, -0.25) is 61.8 Å². The number of amides is 10. The van der Waals surface area contributed by atoms with Crippen LogP contribution in [0, 0.1) is 0 Å². The molecule has 782 valence electrons. The van der Waals surface area contributed by atoms with Gasteiger partial charge in [-0.05, 0) is 265 Å². The number of carboxylic acid groups (broad SMARTS) is 1. The van der Waals surface area contributed by atoms with E-state index in [1.54, 1.807) is 6.92 Å². The minimum absolute atomic E-state index is 0.0229. The van der Waals surface area contributed by atoms with E-state index in [1.807, 2.05) is 6.92 Å². The van der Waals surface area contributed by atoms with Crippen LogP contribution in [0.3, 0.4) is 0 Å². The van der Waals surface area contributed by atoms with Crippen LogP contribution < -0.4 is 59.7 Å². The second kappa shape index (κ2) is 66.8. The number of hydrogen-bond donors (Lipinski definition) is 18. The summed E-state index contributed by atoms with van der Waals surface area (Å²) in [7, 11) is -11.5. The summed E-state index contributed by atoms with van der Waals surface area (Å²) < 4.78 is 66.5. The molecule has 0 radical (unpaired) electrons. The molecule has 19 unspecified atom stereocenters. The molecule has 138 heavy (non-hydrogen) atoms. The molecule has 40 heteroatoms. The number of nitrogens with two attached hydrogens (primary N) is 3. The van der Waals surface area contributed by atoms with Crippen LogP contribution in [0.5, 0.6) is 0 Å². The number of hydrogen-bond acceptors (Lipinski definition) is 25. The van der Waals surface area contributed by atoms with Crippen LogP contribution in [0.4, 0.5) is 0 Å². The molecular weight excluding hydrogens is 1830 g/mol. The molecule has 0 aliphatic carbocycles. The van der Waals surface area contributed by atoms with Gasteiger partial charge >= 0.3 is 21.6 Å². The Bertz CT molecular complexity index is 4400. The molecule has 2 aliphatic heterocycles. The van der Waals surface area contributed by atoms with Crippen LogP contribution in [0.1, 0.15) is 292 Å². The van der Waals surface area contributed by atoms with E-state index in [2.05, 4.69) is 177 Å². The zero-order valence-corrected chi connectivity index (χ0v) is 86.1. The third-order valence-corrected chi connectivity index (χ3v) is 25.8. The lowest BCUT2D eigenvalue weighted by atomic mass is 9.94. The van der Waals surface area contributed by atoms with Gasteiger partial charge in [-0.1, -0.05) is 128 Å². The van der Waals surface area contributed by atoms with E-state index in [0.29, 0.717) is 18.4 Å². The van der Waals surface area contributed by atoms with E-state index in [0.717, 1.165) is 149 Å². The van der Waals surface area contributed by atoms with Gasteiger partial charge in [0.25, 0.3) is 0 Å². The molecule has 0 saturated carbocycles. The largest absolute Gasteiger partial charge is 0.483 e. The van der Waals surface area contributed by atoms with Gasteiger partial charge in [-0.15, -0.1) is 0 Å². The molecule has 2 rings (SSSR count). The normalized spacial score (nSPS) is 22.0. The number of aliphatic hydroxyl groups excluding tert-OH is 4. The monoisotopic (exact) mass is 1990 g/mol. The van der Waals surface area contributed by atoms with Crippen molar-refractivity contribution in [1.82, 2.24) is 42.5 Å². The van der Waals surface area contributed by atoms with Crippen molar-refractivity contribution in [2.75, 3.05) is 26.4 Å². The van der Waals surface area contributed by atoms with E-state index in [9.17, 15) is 97.2 Å². The lowest BCUT2D eigenvalue weighted by molar-refractivity contribution is -0.331. The number of nitrogens with one attached hydrogen (secondary N) is 8. The second-order valence-corrected chi connectivity index (χ2v) is 39.5. The number of ether oxygens (including phenoxy) is 4. The van der Waals surface area contributed by atoms with Crippen molar-refractivity contribution in [3.63, 3.8) is 0 Å². The quantitative estimate of drug-likeness (QED) is 0.0153. The van der Waals surface area contributed by atoms with Crippen LogP contribution >= 0.6 is 15.6 Å². The van der Waals surface area contributed by atoms with Gasteiger partial charge in [0.05, 0.1) is 32.3 Å². The zero-order chi connectivity index (χ0) is 104. The Hall–Kier alpha value is -8.79. The highest BCUT2D eigenvalue weighted by Gasteiger charge is 2.55. The Morgan fingerprint density at radius 1 is 0.420 bits per heavy atom. The summed E-state index contributed by atoms with van der Waals surface area (Å²) in [5.41, 5.74) is 31.0. The molecule has 0 aromatic carbocycles. The van der Waals surface area contributed by atoms with Crippen molar-refractivity contribution in [2.24, 2.45) is 17.2 Å². The molecule has 0 aromatic rings. The van der Waals surface area contributed by atoms with Gasteiger partial charge in [-0.2, -0.15) is 4.31 Å². The first-order valence-corrected chi connectivity index (χ1v) is 50.7. The van der Waals surface area contributed by atoms with Gasteiger partial charge in [0.1, 0.15) is 85.0 Å². The van der Waals surface area contributed by atoms with Crippen LogP contribution in [0.25, 0.3) is 0 Å². The predicted molar refractivity (Wildman–Crippen MR) is 526 cm³/mol. The smallest absolute Gasteiger partial charge is 0.480 e. The molecule has 0 aromatic heterocycles. The van der Waals surface area contributed by atoms with E-state index < -0.39 is 223 Å². The molecule has 38 nitrogen and oxygen atoms in total. The maximum atomic E-state index is 14.2. The summed E-state index contributed by atoms with van der Waals surface area (Å²) in [6.45, 7) is 29.8. The average Bonchev–Trinajstić information content (AvgIpc) is 0.763. The van der Waals surface area contributed by atoms with Crippen molar-refractivity contribution >= 4 is 80.7 Å². The Balaban J connectivity index is 2.13. The summed E-state index contributed by atoms with van der Waals surface area (Å²) in [5.74, 6) is -10.8. The number of rotatable bonds is 67. The zero-order valence-electron chi connectivity index (χ0n) is 84.3. The van der Waals surface area contributed by atoms with Crippen molar-refractivity contribution < 1.29 is 129 Å². The number of aliphatic hydroxyl groups is 4. The molecule has 2 fully saturated rings. The van der Waals surface area contributed by atoms with Crippen molar-refractivity contribution in [1.29, 1.82) is 0 Å². The molecule has 10 amide bonds. The number of primary amides is 2. The van der Waals surface area contributed by atoms with Crippen molar-refractivity contribution in [3.8, 4) is 0 Å². The second-order valence-electron chi connectivity index (χ2n) is 36.5. The fourth-order valence-electron chi connectivity index (χ4n) is 14.6. The first kappa shape index (κ1) is 125. The average molecular weight is 1990 g/mol. The number of allylic oxidation sites excluding steroid dienone is 21. The Morgan fingerprint density at radius 2 is 0.812 bits per heavy atom. The highest BCUT2D eigenvalue weighted by molar-refractivity contribution is 7.61. The summed E-state index contributed by atoms with van der Waals surface area (Å²) >= 11 is 0. The van der Waals surface area contributed by atoms with Gasteiger partial charge in [0, 0.05) is 26.8 Å². The van der Waals surface area contributed by atoms with Crippen LogP contribution in [-0.2, 0) is 94.2 Å². The van der Waals surface area contributed by atoms with E-state index in [-0.39, 0.29) is 25.8 Å². The van der Waals surface area contributed by atoms with Gasteiger partial charge in [0.2, 0.25) is 59.1 Å². The highest BCUT2D eigenvalue weighted by atomic mass is 31.3. The maximum Gasteiger partial charge on any atom is 0.483 e. The lowest BCUT2D eigenvalue weighted by Crippen LogP contribution is -2.70. The first-order chi connectivity index (χ1) is 64.8. The molecule has 19 atom stereocenters. The number of phosphoric ester groups is 2. The fourth-order valence-corrected chi connectivity index (χ4v) is 16.7. The third-order valence-electron chi connectivity index (χ3n) is 23.2. The maximum absolute atomic E-state index is 14.2. The first-order valence-electron chi connectivity index (χ1n) is 47.8. The van der Waals surface area contributed by atoms with Gasteiger partial charge in [-0.25, -0.2) is 9.13 Å². The van der Waals surface area contributed by atoms with Gasteiger partial charge in [0.15, 0.2) is 12.6 Å². The Kier molecular flexibility index (Phi) is 60.7. The molecule has 21 N–H and O–H groups in total. The standard InChI is InChI=1S/C98H163N11O27P2/c1-60(2)31-21-32-61(3)33-22-34-62(4)35-23-36-63(5)37-24-38-64(6)39-25-40-65(7)41-26-42-66(8)43-27-44-67(9)45-28-46-68(10)47-29-48-69(11)49-30-50-70(12)54-56-130-137(126,127)136-138(128,129)135-98-85(107-76(18)113)89(88(81(59-111)133-98)134-97-84(106-75(17)112)87(117)86(116)80(58-110)132-97)131-74(16)94(122)103-72(14)93(121)109-78(91(101)119)52-53-82(114)108-79(51-19-20-55-102-83(115)57-77(99)90(100)118)95(123)104-71(13)92(120)105-73(15)96(124)125/h31,33,35,37,39,41,43,45,47,49,54,71-74,77-81,84-89,97-98,110-111,116-117H,19-30,32,34,36,38,40,42,44,46,48,50-53,55-59,99H2,1-18H3,(H2,100,118)(H2,101,119)(H,102,115)(H,103,122)(H,104,123)(H,105,120)(H,106,112)(H,107,113)(H,108,114)(H,109,121)(H,124,125)(H,126,127)(H,128,129). The molecule has 0 spiro atoms. The number of phosphoric acid groups is 2. The number of aliphatic carboxylic acids is 1. The Morgan fingerprint density at radius 3 is 1.21 bits per heavy atom. The van der Waals surface area contributed by atoms with Crippen LogP contribution in [-0.4, -0.2) is 230 Å². The predicted octanol–water partition coefficient (Wildman–Crippen LogP) is 10.1. The summed E-state index contributed by atoms with van der Waals surface area (Å²) in [4.78, 5) is 163.